The molecule has 0 fully saturated rings. The molecule has 0 bridgehead atoms. The molecule has 1 aromatic carbocycles. The number of hydrogen-bond donors (Lipinski definition) is 0. The van der Waals surface area contributed by atoms with Crippen LogP contribution in [0.2, 0.25) is 0 Å². The summed E-state index contributed by atoms with van der Waals surface area (Å²) in [6, 6.07) is 5.58. The predicted octanol–water partition coefficient (Wildman–Crippen LogP) is 9.24. The van der Waals surface area contributed by atoms with Gasteiger partial charge < -0.3 is 14.2 Å². The Kier molecular flexibility index (Phi) is 16.2. The van der Waals surface area contributed by atoms with Crippen molar-refractivity contribution in [3.8, 4) is 11.5 Å². The Balaban J connectivity index is 1.48. The first kappa shape index (κ1) is 31.6. The van der Waals surface area contributed by atoms with E-state index in [1.165, 1.54) is 62.7 Å². The molecule has 0 N–H and O–H groups in total. The number of fused-ring (bicyclic) bond motifs is 1. The smallest absolute Gasteiger partial charge is 0.306 e. The second kappa shape index (κ2) is 19.5. The number of methoxy groups -OCH3 is 2. The molecule has 0 aliphatic rings. The van der Waals surface area contributed by atoms with Crippen molar-refractivity contribution in [3.63, 3.8) is 0 Å². The van der Waals surface area contributed by atoms with E-state index in [0.717, 1.165) is 35.8 Å². The summed E-state index contributed by atoms with van der Waals surface area (Å²) in [5.41, 5.74) is 0. The topological polar surface area (TPSA) is 61.8 Å². The molecule has 0 atom stereocenters. The summed E-state index contributed by atoms with van der Waals surface area (Å²) >= 11 is 1.40. The van der Waals surface area contributed by atoms with Gasteiger partial charge in [-0.2, -0.15) is 0 Å². The standard InChI is InChI=1S/C32H46O5S/c1-4-5-6-7-8-9-10-11-12-13-14-15-16-17-18-19-22-37-32(34)21-20-27(33)31-24-26-23-28(35-2)29(36-3)25-30(26)38-31/h8-9,11-12,23-25H,4-7,10,13-22H2,1-3H3. The maximum Gasteiger partial charge on any atom is 0.306 e. The van der Waals surface area contributed by atoms with Gasteiger partial charge >= 0.3 is 5.97 Å². The zero-order valence-electron chi connectivity index (χ0n) is 23.6. The fraction of sp³-hybridized carbons (Fsp3) is 0.562. The van der Waals surface area contributed by atoms with Crippen LogP contribution in [-0.2, 0) is 9.53 Å². The molecule has 2 rings (SSSR count). The van der Waals surface area contributed by atoms with Gasteiger partial charge in [-0.05, 0) is 56.0 Å². The van der Waals surface area contributed by atoms with Gasteiger partial charge in [0, 0.05) is 17.2 Å². The average molecular weight is 543 g/mol. The summed E-state index contributed by atoms with van der Waals surface area (Å²) in [6.07, 6.45) is 23.6. The van der Waals surface area contributed by atoms with Crippen LogP contribution in [0.1, 0.15) is 106 Å². The van der Waals surface area contributed by atoms with Crippen LogP contribution >= 0.6 is 11.3 Å². The second-order valence-corrected chi connectivity index (χ2v) is 10.7. The minimum absolute atomic E-state index is 0.0465. The van der Waals surface area contributed by atoms with Crippen molar-refractivity contribution in [1.82, 2.24) is 0 Å². The molecule has 0 saturated carbocycles. The van der Waals surface area contributed by atoms with Crippen molar-refractivity contribution in [2.75, 3.05) is 20.8 Å². The number of ketones is 1. The van der Waals surface area contributed by atoms with Crippen LogP contribution < -0.4 is 9.47 Å². The van der Waals surface area contributed by atoms with Gasteiger partial charge in [-0.1, -0.05) is 69.8 Å². The third-order valence-electron chi connectivity index (χ3n) is 6.46. The van der Waals surface area contributed by atoms with Crippen LogP contribution in [0.15, 0.2) is 42.5 Å². The monoisotopic (exact) mass is 542 g/mol. The lowest BCUT2D eigenvalue weighted by Gasteiger charge is -2.06. The highest BCUT2D eigenvalue weighted by Crippen LogP contribution is 2.36. The molecule has 6 heteroatoms. The number of allylic oxidation sites excluding steroid dienone is 4. The highest BCUT2D eigenvalue weighted by molar-refractivity contribution is 7.20. The predicted molar refractivity (Wildman–Crippen MR) is 159 cm³/mol. The molecule has 0 spiro atoms. The Hall–Kier alpha value is -2.60. The fourth-order valence-corrected chi connectivity index (χ4v) is 5.23. The van der Waals surface area contributed by atoms with Gasteiger partial charge in [0.25, 0.3) is 0 Å². The zero-order chi connectivity index (χ0) is 27.4. The van der Waals surface area contributed by atoms with Crippen molar-refractivity contribution in [2.45, 2.75) is 96.8 Å². The quantitative estimate of drug-likeness (QED) is 0.0681. The highest BCUT2D eigenvalue weighted by Gasteiger charge is 2.15. The summed E-state index contributed by atoms with van der Waals surface area (Å²) in [5, 5.41) is 0.927. The SMILES string of the molecule is CCCCCC=CCC=CCCCCCCCCOC(=O)CCC(=O)c1cc2cc(OC)c(OC)cc2s1. The number of ether oxygens (including phenoxy) is 3. The number of carbonyl (C=O) groups is 2. The summed E-state index contributed by atoms with van der Waals surface area (Å²) in [6.45, 7) is 2.67. The van der Waals surface area contributed by atoms with Gasteiger partial charge in [0.1, 0.15) is 0 Å². The number of thiophene rings is 1. The van der Waals surface area contributed by atoms with Crippen LogP contribution in [0.4, 0.5) is 0 Å². The summed E-state index contributed by atoms with van der Waals surface area (Å²) in [4.78, 5) is 25.3. The van der Waals surface area contributed by atoms with E-state index in [-0.39, 0.29) is 24.6 Å². The molecule has 0 radical (unpaired) electrons. The molecule has 2 aromatic rings. The van der Waals surface area contributed by atoms with Gasteiger partial charge in [-0.25, -0.2) is 0 Å². The van der Waals surface area contributed by atoms with Gasteiger partial charge in [0.15, 0.2) is 17.3 Å². The van der Waals surface area contributed by atoms with E-state index in [1.807, 2.05) is 18.2 Å². The number of benzene rings is 1. The lowest BCUT2D eigenvalue weighted by atomic mass is 10.1. The van der Waals surface area contributed by atoms with Gasteiger partial charge in [0.2, 0.25) is 0 Å². The van der Waals surface area contributed by atoms with Crippen molar-refractivity contribution < 1.29 is 23.8 Å². The van der Waals surface area contributed by atoms with Crippen LogP contribution in [0.3, 0.4) is 0 Å². The summed E-state index contributed by atoms with van der Waals surface area (Å²) in [5.74, 6) is 0.915. The van der Waals surface area contributed by atoms with E-state index in [4.69, 9.17) is 14.2 Å². The molecule has 210 valence electrons. The molecule has 1 heterocycles. The Labute approximate surface area is 233 Å². The minimum atomic E-state index is -0.301. The third kappa shape index (κ3) is 12.3. The van der Waals surface area contributed by atoms with E-state index >= 15 is 0 Å². The highest BCUT2D eigenvalue weighted by atomic mass is 32.1. The van der Waals surface area contributed by atoms with E-state index in [1.54, 1.807) is 14.2 Å². The maximum absolute atomic E-state index is 12.6. The Bertz CT molecular complexity index is 979. The second-order valence-electron chi connectivity index (χ2n) is 9.58. The van der Waals surface area contributed by atoms with Crippen LogP contribution in [0.5, 0.6) is 11.5 Å². The number of hydrogen-bond acceptors (Lipinski definition) is 6. The van der Waals surface area contributed by atoms with E-state index < -0.39 is 0 Å². The number of Topliss-reactive ketones (excluding diaryl/α,β-unsaturated/α-hetero) is 1. The molecule has 0 aliphatic heterocycles. The number of esters is 1. The van der Waals surface area contributed by atoms with Crippen molar-refractivity contribution in [1.29, 1.82) is 0 Å². The number of rotatable bonds is 21. The van der Waals surface area contributed by atoms with E-state index in [9.17, 15) is 9.59 Å². The normalized spacial score (nSPS) is 11.6. The first-order valence-corrected chi connectivity index (χ1v) is 15.0. The first-order valence-electron chi connectivity index (χ1n) is 14.2. The van der Waals surface area contributed by atoms with Crippen LogP contribution in [0.25, 0.3) is 10.1 Å². The van der Waals surface area contributed by atoms with Crippen LogP contribution in [0, 0.1) is 0 Å². The molecule has 0 amide bonds. The molecule has 38 heavy (non-hydrogen) atoms. The average Bonchev–Trinajstić information content (AvgIpc) is 3.35. The third-order valence-corrected chi connectivity index (χ3v) is 7.60. The minimum Gasteiger partial charge on any atom is -0.493 e. The fourth-order valence-electron chi connectivity index (χ4n) is 4.19. The number of carbonyl (C=O) groups excluding carboxylic acids is 2. The Morgan fingerprint density at radius 2 is 1.39 bits per heavy atom. The van der Waals surface area contributed by atoms with Gasteiger partial charge in [-0.15, -0.1) is 11.3 Å². The Morgan fingerprint density at radius 3 is 2.08 bits per heavy atom. The molecule has 0 aliphatic carbocycles. The van der Waals surface area contributed by atoms with Crippen molar-refractivity contribution in [2.24, 2.45) is 0 Å². The molecule has 0 unspecified atom stereocenters. The molecular formula is C32H46O5S. The molecule has 5 nitrogen and oxygen atoms in total. The lowest BCUT2D eigenvalue weighted by Crippen LogP contribution is -2.08. The largest absolute Gasteiger partial charge is 0.493 e. The number of unbranched alkanes of at least 4 members (excludes halogenated alkanes) is 9. The first-order chi connectivity index (χ1) is 18.6. The van der Waals surface area contributed by atoms with Gasteiger partial charge in [-0.3, -0.25) is 9.59 Å². The summed E-state index contributed by atoms with van der Waals surface area (Å²) in [7, 11) is 3.18. The molecular weight excluding hydrogens is 496 g/mol. The molecule has 0 saturated heterocycles. The maximum atomic E-state index is 12.6. The zero-order valence-corrected chi connectivity index (χ0v) is 24.4. The lowest BCUT2D eigenvalue weighted by molar-refractivity contribution is -0.143. The van der Waals surface area contributed by atoms with E-state index in [2.05, 4.69) is 31.2 Å². The van der Waals surface area contributed by atoms with Crippen LogP contribution in [-0.4, -0.2) is 32.6 Å². The van der Waals surface area contributed by atoms with Crippen molar-refractivity contribution in [3.05, 3.63) is 47.4 Å². The van der Waals surface area contributed by atoms with Gasteiger partial charge in [0.05, 0.1) is 32.1 Å². The molecule has 1 aromatic heterocycles. The summed E-state index contributed by atoms with van der Waals surface area (Å²) < 4.78 is 16.9. The Morgan fingerprint density at radius 1 is 0.763 bits per heavy atom. The van der Waals surface area contributed by atoms with E-state index in [0.29, 0.717) is 23.0 Å². The van der Waals surface area contributed by atoms with Crippen molar-refractivity contribution >= 4 is 33.2 Å².